The Kier molecular flexibility index (Phi) is 4.64. The van der Waals surface area contributed by atoms with Gasteiger partial charge in [-0.05, 0) is 31.0 Å². The predicted molar refractivity (Wildman–Crippen MR) is 104 cm³/mol. The summed E-state index contributed by atoms with van der Waals surface area (Å²) in [5.74, 6) is -0.300. The zero-order valence-electron chi connectivity index (χ0n) is 14.9. The van der Waals surface area contributed by atoms with Gasteiger partial charge in [-0.25, -0.2) is 9.37 Å². The van der Waals surface area contributed by atoms with Crippen molar-refractivity contribution in [3.63, 3.8) is 0 Å². The summed E-state index contributed by atoms with van der Waals surface area (Å²) >= 11 is 0. The lowest BCUT2D eigenvalue weighted by molar-refractivity contribution is -0.384. The summed E-state index contributed by atoms with van der Waals surface area (Å²) < 4.78 is 13.8. The van der Waals surface area contributed by atoms with Crippen LogP contribution in [0.5, 0.6) is 0 Å². The molecule has 0 spiro atoms. The van der Waals surface area contributed by atoms with Crippen molar-refractivity contribution in [3.05, 3.63) is 69.0 Å². The van der Waals surface area contributed by atoms with E-state index in [1.165, 1.54) is 18.5 Å². The number of nitro groups is 1. The van der Waals surface area contributed by atoms with Gasteiger partial charge >= 0.3 is 0 Å². The van der Waals surface area contributed by atoms with Crippen molar-refractivity contribution >= 4 is 28.0 Å². The molecule has 1 aromatic heterocycles. The van der Waals surface area contributed by atoms with Crippen LogP contribution in [0, 0.1) is 15.9 Å². The summed E-state index contributed by atoms with van der Waals surface area (Å²) in [7, 11) is 0. The number of nitro benzene ring substituents is 1. The molecule has 1 saturated heterocycles. The van der Waals surface area contributed by atoms with Crippen LogP contribution < -0.4 is 15.8 Å². The second-order valence-electron chi connectivity index (χ2n) is 6.73. The number of anilines is 2. The average molecular weight is 383 g/mol. The summed E-state index contributed by atoms with van der Waals surface area (Å²) in [4.78, 5) is 31.5. The lowest BCUT2D eigenvalue weighted by atomic mass is 10.0. The maximum Gasteiger partial charge on any atom is 0.293 e. The van der Waals surface area contributed by atoms with Crippen molar-refractivity contribution in [2.24, 2.45) is 0 Å². The van der Waals surface area contributed by atoms with Crippen LogP contribution in [0.25, 0.3) is 10.9 Å². The first-order valence-electron chi connectivity index (χ1n) is 8.95. The van der Waals surface area contributed by atoms with Gasteiger partial charge in [-0.3, -0.25) is 14.9 Å². The molecule has 0 unspecified atom stereocenters. The predicted octanol–water partition coefficient (Wildman–Crippen LogP) is 3.05. The standard InChI is InChI=1S/C19H18FN5O3/c20-14-3-1-2-4-15(14)23-12-5-7-24(8-6-12)17-10-16-13(9-18(17)25(27)28)19(26)22-11-21-16/h1-4,9-12,23H,5-8H2,(H,21,22,26). The van der Waals surface area contributed by atoms with Crippen molar-refractivity contribution < 1.29 is 9.31 Å². The molecule has 1 fully saturated rings. The highest BCUT2D eigenvalue weighted by Gasteiger charge is 2.26. The largest absolute Gasteiger partial charge is 0.380 e. The maximum atomic E-state index is 13.8. The van der Waals surface area contributed by atoms with Crippen LogP contribution in [0.1, 0.15) is 12.8 Å². The highest BCUT2D eigenvalue weighted by Crippen LogP contribution is 2.33. The molecule has 28 heavy (non-hydrogen) atoms. The lowest BCUT2D eigenvalue weighted by Gasteiger charge is -2.34. The van der Waals surface area contributed by atoms with Crippen LogP contribution in [0.15, 0.2) is 47.5 Å². The number of H-pyrrole nitrogens is 1. The van der Waals surface area contributed by atoms with Crippen molar-refractivity contribution in [1.29, 1.82) is 0 Å². The van der Waals surface area contributed by atoms with Crippen LogP contribution in [-0.2, 0) is 0 Å². The summed E-state index contributed by atoms with van der Waals surface area (Å²) in [5, 5.41) is 14.9. The first kappa shape index (κ1) is 17.9. The van der Waals surface area contributed by atoms with Crippen LogP contribution in [0.2, 0.25) is 0 Å². The number of benzene rings is 2. The van der Waals surface area contributed by atoms with Gasteiger partial charge in [-0.1, -0.05) is 12.1 Å². The Morgan fingerprint density at radius 1 is 1.25 bits per heavy atom. The number of nitrogens with one attached hydrogen (secondary N) is 2. The fraction of sp³-hybridized carbons (Fsp3) is 0.263. The Morgan fingerprint density at radius 2 is 2.00 bits per heavy atom. The number of hydrogen-bond acceptors (Lipinski definition) is 6. The van der Waals surface area contributed by atoms with E-state index in [0.29, 0.717) is 42.8 Å². The fourth-order valence-corrected chi connectivity index (χ4v) is 3.56. The Bertz CT molecular complexity index is 1090. The molecule has 0 bridgehead atoms. The molecule has 2 heterocycles. The average Bonchev–Trinajstić information content (AvgIpc) is 2.70. The number of fused-ring (bicyclic) bond motifs is 1. The normalized spacial score (nSPS) is 15.0. The Hall–Kier alpha value is -3.49. The summed E-state index contributed by atoms with van der Waals surface area (Å²) in [6.45, 7) is 1.14. The third kappa shape index (κ3) is 3.38. The van der Waals surface area contributed by atoms with Crippen molar-refractivity contribution in [1.82, 2.24) is 9.97 Å². The molecule has 1 aliphatic heterocycles. The van der Waals surface area contributed by atoms with Crippen LogP contribution in [0.3, 0.4) is 0 Å². The molecule has 0 radical (unpaired) electrons. The maximum absolute atomic E-state index is 13.8. The number of hydrogen-bond donors (Lipinski definition) is 2. The number of rotatable bonds is 4. The smallest absolute Gasteiger partial charge is 0.293 e. The molecule has 0 aliphatic carbocycles. The first-order valence-corrected chi connectivity index (χ1v) is 8.95. The van der Waals surface area contributed by atoms with E-state index < -0.39 is 10.5 Å². The van der Waals surface area contributed by atoms with E-state index in [-0.39, 0.29) is 22.9 Å². The van der Waals surface area contributed by atoms with Crippen molar-refractivity contribution in [2.45, 2.75) is 18.9 Å². The molecule has 3 aromatic rings. The Balaban J connectivity index is 1.56. The minimum absolute atomic E-state index is 0.0774. The molecule has 1 aliphatic rings. The second-order valence-corrected chi connectivity index (χ2v) is 6.73. The van der Waals surface area contributed by atoms with Gasteiger partial charge in [0.1, 0.15) is 11.5 Å². The molecule has 0 saturated carbocycles. The molecular formula is C19H18FN5O3. The molecule has 4 rings (SSSR count). The van der Waals surface area contributed by atoms with Gasteiger partial charge in [-0.2, -0.15) is 0 Å². The molecular weight excluding hydrogens is 365 g/mol. The molecule has 2 aromatic carbocycles. The molecule has 2 N–H and O–H groups in total. The van der Waals surface area contributed by atoms with Gasteiger partial charge in [0.2, 0.25) is 0 Å². The zero-order chi connectivity index (χ0) is 19.7. The molecule has 0 amide bonds. The number of nitrogens with zero attached hydrogens (tertiary/aromatic N) is 3. The summed E-state index contributed by atoms with van der Waals surface area (Å²) in [6.07, 6.45) is 2.68. The summed E-state index contributed by atoms with van der Waals surface area (Å²) in [6, 6.07) is 9.46. The fourth-order valence-electron chi connectivity index (χ4n) is 3.56. The van der Waals surface area contributed by atoms with Crippen LogP contribution in [-0.4, -0.2) is 34.0 Å². The van der Waals surface area contributed by atoms with Crippen LogP contribution >= 0.6 is 0 Å². The Morgan fingerprint density at radius 3 is 2.71 bits per heavy atom. The number of piperidine rings is 1. The number of aromatic nitrogens is 2. The zero-order valence-corrected chi connectivity index (χ0v) is 14.9. The van der Waals surface area contributed by atoms with Gasteiger partial charge in [-0.15, -0.1) is 0 Å². The van der Waals surface area contributed by atoms with E-state index in [9.17, 15) is 19.3 Å². The SMILES string of the molecule is O=c1[nH]cnc2cc(N3CCC(Nc4ccccc4F)CC3)c([N+](=O)[O-])cc12. The lowest BCUT2D eigenvalue weighted by Crippen LogP contribution is -2.39. The Labute approximate surface area is 159 Å². The van der Waals surface area contributed by atoms with Crippen molar-refractivity contribution in [3.8, 4) is 0 Å². The number of aromatic amines is 1. The molecule has 144 valence electrons. The second kappa shape index (κ2) is 7.26. The van der Waals surface area contributed by atoms with E-state index >= 15 is 0 Å². The van der Waals surface area contributed by atoms with E-state index in [4.69, 9.17) is 0 Å². The van der Waals surface area contributed by atoms with E-state index in [2.05, 4.69) is 15.3 Å². The quantitative estimate of drug-likeness (QED) is 0.530. The van der Waals surface area contributed by atoms with Gasteiger partial charge in [0, 0.05) is 25.2 Å². The van der Waals surface area contributed by atoms with Crippen LogP contribution in [0.4, 0.5) is 21.5 Å². The topological polar surface area (TPSA) is 104 Å². The molecule has 8 nitrogen and oxygen atoms in total. The highest BCUT2D eigenvalue weighted by molar-refractivity contribution is 5.87. The third-order valence-electron chi connectivity index (χ3n) is 5.00. The minimum atomic E-state index is -0.481. The number of halogens is 1. The van der Waals surface area contributed by atoms with Gasteiger partial charge < -0.3 is 15.2 Å². The summed E-state index contributed by atoms with van der Waals surface area (Å²) in [5.41, 5.74) is 0.788. The monoisotopic (exact) mass is 383 g/mol. The van der Waals surface area contributed by atoms with E-state index in [0.717, 1.165) is 0 Å². The van der Waals surface area contributed by atoms with Gasteiger partial charge in [0.25, 0.3) is 11.2 Å². The first-order chi connectivity index (χ1) is 13.5. The van der Waals surface area contributed by atoms with Gasteiger partial charge in [0.15, 0.2) is 0 Å². The molecule has 9 heteroatoms. The van der Waals surface area contributed by atoms with Crippen molar-refractivity contribution in [2.75, 3.05) is 23.3 Å². The highest BCUT2D eigenvalue weighted by atomic mass is 19.1. The van der Waals surface area contributed by atoms with E-state index in [1.54, 1.807) is 24.3 Å². The molecule has 0 atom stereocenters. The third-order valence-corrected chi connectivity index (χ3v) is 5.00. The number of para-hydroxylation sites is 1. The minimum Gasteiger partial charge on any atom is -0.380 e. The van der Waals surface area contributed by atoms with Gasteiger partial charge in [0.05, 0.1) is 27.8 Å². The van der Waals surface area contributed by atoms with E-state index in [1.807, 2.05) is 4.90 Å².